The molecule has 1 atom stereocenters. The smallest absolute Gasteiger partial charge is 0.338 e. The van der Waals surface area contributed by atoms with Crippen LogP contribution in [0.1, 0.15) is 36.0 Å². The van der Waals surface area contributed by atoms with Crippen LogP contribution in [0.15, 0.2) is 16.8 Å². The molecule has 2 nitrogen and oxygen atoms in total. The number of nitrogens with one attached hydrogen (secondary N) is 1. The molecule has 0 aliphatic heterocycles. The fourth-order valence-electron chi connectivity index (χ4n) is 2.69. The molecule has 1 aliphatic carbocycles. The van der Waals surface area contributed by atoms with Gasteiger partial charge in [-0.2, -0.15) is 24.5 Å². The molecule has 0 saturated heterocycles. The number of carbonyl (C=O) groups excluding carboxylic acids is 1. The molecule has 1 N–H and O–H groups in total. The van der Waals surface area contributed by atoms with Gasteiger partial charge in [-0.1, -0.05) is 5.92 Å². The Kier molecular flexibility index (Phi) is 4.94. The van der Waals surface area contributed by atoms with E-state index in [1.807, 2.05) is 0 Å². The molecular weight excluding hydrogens is 299 g/mol. The minimum absolute atomic E-state index is 0.0840. The van der Waals surface area contributed by atoms with E-state index in [0.29, 0.717) is 18.4 Å². The SMILES string of the molecule is C#CC(NC(=O)c1ccsc1)C1CCC(C(F)(F)F)CC1. The van der Waals surface area contributed by atoms with Crippen molar-refractivity contribution in [2.24, 2.45) is 11.8 Å². The van der Waals surface area contributed by atoms with Gasteiger partial charge >= 0.3 is 6.18 Å². The van der Waals surface area contributed by atoms with Crippen molar-refractivity contribution >= 4 is 17.2 Å². The largest absolute Gasteiger partial charge is 0.391 e. The van der Waals surface area contributed by atoms with Crippen molar-refractivity contribution in [3.8, 4) is 12.3 Å². The highest BCUT2D eigenvalue weighted by atomic mass is 32.1. The fourth-order valence-corrected chi connectivity index (χ4v) is 3.33. The van der Waals surface area contributed by atoms with Crippen LogP contribution in [0.3, 0.4) is 0 Å². The number of alkyl halides is 3. The molecule has 0 aromatic carbocycles. The van der Waals surface area contributed by atoms with Gasteiger partial charge in [0.1, 0.15) is 0 Å². The average Bonchev–Trinajstić information content (AvgIpc) is 2.98. The summed E-state index contributed by atoms with van der Waals surface area (Å²) < 4.78 is 37.9. The zero-order valence-corrected chi connectivity index (χ0v) is 12.1. The van der Waals surface area contributed by atoms with E-state index in [1.54, 1.807) is 16.8 Å². The van der Waals surface area contributed by atoms with E-state index >= 15 is 0 Å². The summed E-state index contributed by atoms with van der Waals surface area (Å²) in [6, 6.07) is 1.18. The summed E-state index contributed by atoms with van der Waals surface area (Å²) in [7, 11) is 0. The van der Waals surface area contributed by atoms with Gasteiger partial charge in [0, 0.05) is 5.38 Å². The van der Waals surface area contributed by atoms with Crippen molar-refractivity contribution < 1.29 is 18.0 Å². The summed E-state index contributed by atoms with van der Waals surface area (Å²) in [5.41, 5.74) is 0.532. The highest BCUT2D eigenvalue weighted by Gasteiger charge is 2.42. The predicted octanol–water partition coefficient (Wildman–Crippen LogP) is 3.85. The Hall–Kier alpha value is -1.48. The number of hydrogen-bond acceptors (Lipinski definition) is 2. The number of carbonyl (C=O) groups is 1. The summed E-state index contributed by atoms with van der Waals surface area (Å²) in [5, 5.41) is 6.24. The van der Waals surface area contributed by atoms with Gasteiger partial charge in [0.25, 0.3) is 5.91 Å². The predicted molar refractivity (Wildman–Crippen MR) is 75.9 cm³/mol. The van der Waals surface area contributed by atoms with Crippen LogP contribution in [0.5, 0.6) is 0 Å². The summed E-state index contributed by atoms with van der Waals surface area (Å²) in [6.45, 7) is 0. The molecule has 1 unspecified atom stereocenters. The Morgan fingerprint density at radius 2 is 2.05 bits per heavy atom. The van der Waals surface area contributed by atoms with Crippen LogP contribution in [0.25, 0.3) is 0 Å². The van der Waals surface area contributed by atoms with Gasteiger partial charge in [-0.25, -0.2) is 0 Å². The van der Waals surface area contributed by atoms with Crippen molar-refractivity contribution in [2.45, 2.75) is 37.9 Å². The van der Waals surface area contributed by atoms with Crippen LogP contribution in [0.2, 0.25) is 0 Å². The van der Waals surface area contributed by atoms with Gasteiger partial charge in [-0.15, -0.1) is 6.42 Å². The van der Waals surface area contributed by atoms with Gasteiger partial charge < -0.3 is 5.32 Å². The van der Waals surface area contributed by atoms with Crippen molar-refractivity contribution in [1.82, 2.24) is 5.32 Å². The van der Waals surface area contributed by atoms with E-state index < -0.39 is 18.1 Å². The summed E-state index contributed by atoms with van der Waals surface area (Å²) in [6.07, 6.45) is 2.26. The van der Waals surface area contributed by atoms with Gasteiger partial charge in [0.05, 0.1) is 17.5 Å². The number of rotatable bonds is 3. The van der Waals surface area contributed by atoms with Crippen molar-refractivity contribution in [3.05, 3.63) is 22.4 Å². The Labute approximate surface area is 125 Å². The highest BCUT2D eigenvalue weighted by Crippen LogP contribution is 2.40. The topological polar surface area (TPSA) is 29.1 Å². The lowest BCUT2D eigenvalue weighted by Gasteiger charge is -2.32. The van der Waals surface area contributed by atoms with Crippen LogP contribution in [0, 0.1) is 24.2 Å². The van der Waals surface area contributed by atoms with Gasteiger partial charge in [0.15, 0.2) is 0 Å². The molecule has 2 rings (SSSR count). The standard InChI is InChI=1S/C15H16F3NOS/c1-2-13(19-14(20)11-7-8-21-9-11)10-3-5-12(6-4-10)15(16,17)18/h1,7-10,12-13H,3-6H2,(H,19,20). The van der Waals surface area contributed by atoms with Crippen molar-refractivity contribution in [1.29, 1.82) is 0 Å². The Bertz CT molecular complexity index is 510. The maximum absolute atomic E-state index is 12.6. The third-order valence-electron chi connectivity index (χ3n) is 3.96. The van der Waals surface area contributed by atoms with Crippen LogP contribution in [-0.4, -0.2) is 18.1 Å². The molecule has 0 bridgehead atoms. The molecule has 1 saturated carbocycles. The van der Waals surface area contributed by atoms with E-state index in [2.05, 4.69) is 11.2 Å². The molecule has 1 fully saturated rings. The zero-order valence-electron chi connectivity index (χ0n) is 11.3. The van der Waals surface area contributed by atoms with Crippen LogP contribution in [-0.2, 0) is 0 Å². The molecule has 1 aromatic heterocycles. The van der Waals surface area contributed by atoms with E-state index in [9.17, 15) is 18.0 Å². The van der Waals surface area contributed by atoms with E-state index in [0.717, 1.165) is 0 Å². The lowest BCUT2D eigenvalue weighted by molar-refractivity contribution is -0.184. The molecule has 1 amide bonds. The summed E-state index contributed by atoms with van der Waals surface area (Å²) >= 11 is 1.40. The number of hydrogen-bond donors (Lipinski definition) is 1. The number of terminal acetylenes is 1. The van der Waals surface area contributed by atoms with Crippen LogP contribution < -0.4 is 5.32 Å². The Morgan fingerprint density at radius 3 is 2.52 bits per heavy atom. The quantitative estimate of drug-likeness (QED) is 0.844. The number of halogens is 3. The first kappa shape index (κ1) is 15.9. The number of amides is 1. The van der Waals surface area contributed by atoms with Crippen LogP contribution >= 0.6 is 11.3 Å². The van der Waals surface area contributed by atoms with Gasteiger partial charge in [-0.05, 0) is 43.0 Å². The molecule has 1 aliphatic rings. The van der Waals surface area contributed by atoms with Gasteiger partial charge in [0.2, 0.25) is 0 Å². The second-order valence-electron chi connectivity index (χ2n) is 5.28. The minimum atomic E-state index is -4.13. The minimum Gasteiger partial charge on any atom is -0.338 e. The molecule has 6 heteroatoms. The molecular formula is C15H16F3NOS. The Morgan fingerprint density at radius 1 is 1.38 bits per heavy atom. The van der Waals surface area contributed by atoms with E-state index in [4.69, 9.17) is 6.42 Å². The molecule has 21 heavy (non-hydrogen) atoms. The van der Waals surface area contributed by atoms with Gasteiger partial charge in [-0.3, -0.25) is 4.79 Å². The molecule has 0 radical (unpaired) electrons. The van der Waals surface area contributed by atoms with E-state index in [1.165, 1.54) is 11.3 Å². The zero-order chi connectivity index (χ0) is 15.5. The maximum atomic E-state index is 12.6. The third-order valence-corrected chi connectivity index (χ3v) is 4.64. The first-order valence-corrected chi connectivity index (χ1v) is 7.72. The fraction of sp³-hybridized carbons (Fsp3) is 0.533. The first-order valence-electron chi connectivity index (χ1n) is 6.77. The molecule has 114 valence electrons. The molecule has 1 heterocycles. The second-order valence-corrected chi connectivity index (χ2v) is 6.06. The average molecular weight is 315 g/mol. The summed E-state index contributed by atoms with van der Waals surface area (Å²) in [5.74, 6) is 0.919. The normalized spacial score (nSPS) is 24.1. The molecule has 0 spiro atoms. The molecule has 1 aromatic rings. The maximum Gasteiger partial charge on any atom is 0.391 e. The van der Waals surface area contributed by atoms with Crippen LogP contribution in [0.4, 0.5) is 13.2 Å². The summed E-state index contributed by atoms with van der Waals surface area (Å²) in [4.78, 5) is 12.0. The van der Waals surface area contributed by atoms with E-state index in [-0.39, 0.29) is 24.7 Å². The second kappa shape index (κ2) is 6.52. The Balaban J connectivity index is 1.92. The highest BCUT2D eigenvalue weighted by molar-refractivity contribution is 7.08. The lowest BCUT2D eigenvalue weighted by atomic mass is 9.78. The van der Waals surface area contributed by atoms with Crippen molar-refractivity contribution in [3.63, 3.8) is 0 Å². The lowest BCUT2D eigenvalue weighted by Crippen LogP contribution is -2.41. The van der Waals surface area contributed by atoms with Crippen molar-refractivity contribution in [2.75, 3.05) is 0 Å². The number of thiophene rings is 1. The monoisotopic (exact) mass is 315 g/mol. The third kappa shape index (κ3) is 4.01. The first-order chi connectivity index (χ1) is 9.91.